The predicted molar refractivity (Wildman–Crippen MR) is 111 cm³/mol. The molecular weight excluding hydrogens is 354 g/mol. The number of piperazine rings is 1. The summed E-state index contributed by atoms with van der Waals surface area (Å²) in [7, 11) is 0. The Balaban J connectivity index is 1.57. The number of fused-ring (bicyclic) bond motifs is 1. The van der Waals surface area contributed by atoms with Crippen LogP contribution in [0.15, 0.2) is 12.1 Å². The Morgan fingerprint density at radius 2 is 1.82 bits per heavy atom. The molecule has 2 heterocycles. The lowest BCUT2D eigenvalue weighted by Crippen LogP contribution is -2.49. The molecular formula is C22H35N3O3. The molecule has 0 radical (unpaired) electrons. The maximum atomic E-state index is 12.3. The van der Waals surface area contributed by atoms with E-state index < -0.39 is 0 Å². The second-order valence-electron chi connectivity index (χ2n) is 7.75. The normalized spacial score (nSPS) is 19.9. The van der Waals surface area contributed by atoms with E-state index in [0.29, 0.717) is 13.2 Å². The van der Waals surface area contributed by atoms with Crippen LogP contribution in [-0.4, -0.2) is 79.1 Å². The molecule has 28 heavy (non-hydrogen) atoms. The van der Waals surface area contributed by atoms with Crippen LogP contribution >= 0.6 is 0 Å². The minimum atomic E-state index is 0.238. The van der Waals surface area contributed by atoms with Crippen LogP contribution in [0, 0.1) is 0 Å². The Bertz CT molecular complexity index is 667. The van der Waals surface area contributed by atoms with Gasteiger partial charge in [-0.15, -0.1) is 0 Å². The van der Waals surface area contributed by atoms with Gasteiger partial charge in [0.2, 0.25) is 5.91 Å². The zero-order chi connectivity index (χ0) is 20.1. The van der Waals surface area contributed by atoms with Crippen LogP contribution in [0.5, 0.6) is 11.5 Å². The summed E-state index contributed by atoms with van der Waals surface area (Å²) in [6.45, 7) is 15.6. The molecule has 0 spiro atoms. The molecule has 6 nitrogen and oxygen atoms in total. The van der Waals surface area contributed by atoms with E-state index >= 15 is 0 Å². The maximum Gasteiger partial charge on any atom is 0.236 e. The number of amides is 1. The summed E-state index contributed by atoms with van der Waals surface area (Å²) in [6, 6.07) is 4.33. The first-order valence-corrected chi connectivity index (χ1v) is 10.7. The number of benzene rings is 1. The minimum absolute atomic E-state index is 0.238. The van der Waals surface area contributed by atoms with Crippen molar-refractivity contribution in [3.63, 3.8) is 0 Å². The third kappa shape index (κ3) is 4.97. The number of ether oxygens (including phenoxy) is 2. The number of likely N-dealkylation sites (N-methyl/N-ethyl adjacent to an activating group) is 1. The monoisotopic (exact) mass is 389 g/mol. The second-order valence-corrected chi connectivity index (χ2v) is 7.75. The number of rotatable bonds is 8. The van der Waals surface area contributed by atoms with Crippen LogP contribution in [-0.2, 0) is 17.8 Å². The predicted octanol–water partition coefficient (Wildman–Crippen LogP) is 2.39. The van der Waals surface area contributed by atoms with E-state index in [1.54, 1.807) is 0 Å². The van der Waals surface area contributed by atoms with Gasteiger partial charge in [0.15, 0.2) is 0 Å². The standard InChI is InChI=1S/C22H35N3O3/c1-5-25(6-2)22(26)16-24-10-8-23(9-11-24)15-19-14-21-18(12-17(4)28-21)13-20(19)27-7-3/h13-14,17H,5-12,15-16H2,1-4H3. The van der Waals surface area contributed by atoms with Gasteiger partial charge in [0.25, 0.3) is 0 Å². The van der Waals surface area contributed by atoms with Gasteiger partial charge in [-0.2, -0.15) is 0 Å². The lowest BCUT2D eigenvalue weighted by molar-refractivity contribution is -0.132. The van der Waals surface area contributed by atoms with E-state index in [1.165, 1.54) is 11.1 Å². The van der Waals surface area contributed by atoms with Crippen LogP contribution in [0.4, 0.5) is 0 Å². The SMILES string of the molecule is CCOc1cc2c(cc1CN1CCN(CC(=O)N(CC)CC)CC1)OC(C)C2. The molecule has 0 saturated carbocycles. The summed E-state index contributed by atoms with van der Waals surface area (Å²) in [5.74, 6) is 2.23. The van der Waals surface area contributed by atoms with Crippen molar-refractivity contribution in [1.29, 1.82) is 0 Å². The molecule has 1 fully saturated rings. The molecule has 3 rings (SSSR count). The highest BCUT2D eigenvalue weighted by atomic mass is 16.5. The highest BCUT2D eigenvalue weighted by Crippen LogP contribution is 2.35. The van der Waals surface area contributed by atoms with Gasteiger partial charge in [0, 0.05) is 63.4 Å². The van der Waals surface area contributed by atoms with Gasteiger partial charge in [-0.25, -0.2) is 0 Å². The lowest BCUT2D eigenvalue weighted by atomic mass is 10.1. The van der Waals surface area contributed by atoms with Crippen LogP contribution < -0.4 is 9.47 Å². The smallest absolute Gasteiger partial charge is 0.236 e. The van der Waals surface area contributed by atoms with Crippen LogP contribution in [0.1, 0.15) is 38.8 Å². The van der Waals surface area contributed by atoms with E-state index in [1.807, 2.05) is 25.7 Å². The van der Waals surface area contributed by atoms with E-state index in [0.717, 1.165) is 63.7 Å². The van der Waals surface area contributed by atoms with Gasteiger partial charge in [0.05, 0.1) is 13.2 Å². The molecule has 1 unspecified atom stereocenters. The summed E-state index contributed by atoms with van der Waals surface area (Å²) < 4.78 is 11.9. The largest absolute Gasteiger partial charge is 0.494 e. The van der Waals surface area contributed by atoms with E-state index in [9.17, 15) is 4.79 Å². The molecule has 1 amide bonds. The van der Waals surface area contributed by atoms with E-state index in [-0.39, 0.29) is 12.0 Å². The van der Waals surface area contributed by atoms with Crippen LogP contribution in [0.25, 0.3) is 0 Å². The maximum absolute atomic E-state index is 12.3. The minimum Gasteiger partial charge on any atom is -0.494 e. The fourth-order valence-electron chi connectivity index (χ4n) is 4.11. The zero-order valence-electron chi connectivity index (χ0n) is 17.9. The molecule has 2 aliphatic heterocycles. The average molecular weight is 390 g/mol. The molecule has 1 saturated heterocycles. The van der Waals surface area contributed by atoms with E-state index in [4.69, 9.17) is 9.47 Å². The first kappa shape index (κ1) is 20.9. The lowest BCUT2D eigenvalue weighted by Gasteiger charge is -2.35. The summed E-state index contributed by atoms with van der Waals surface area (Å²) in [5.41, 5.74) is 2.45. The molecule has 1 atom stereocenters. The fourth-order valence-corrected chi connectivity index (χ4v) is 4.11. The molecule has 1 aromatic carbocycles. The van der Waals surface area contributed by atoms with Gasteiger partial charge < -0.3 is 14.4 Å². The Hall–Kier alpha value is -1.79. The molecule has 2 aliphatic rings. The molecule has 6 heteroatoms. The summed E-state index contributed by atoms with van der Waals surface area (Å²) in [4.78, 5) is 19.0. The first-order chi connectivity index (χ1) is 13.5. The van der Waals surface area contributed by atoms with Crippen molar-refractivity contribution in [1.82, 2.24) is 14.7 Å². The quantitative estimate of drug-likeness (QED) is 0.683. The number of carbonyl (C=O) groups excluding carboxylic acids is 1. The van der Waals surface area contributed by atoms with Crippen molar-refractivity contribution in [3.05, 3.63) is 23.3 Å². The second kappa shape index (κ2) is 9.61. The van der Waals surface area contributed by atoms with Crippen molar-refractivity contribution in [3.8, 4) is 11.5 Å². The Morgan fingerprint density at radius 3 is 2.46 bits per heavy atom. The van der Waals surface area contributed by atoms with Crippen molar-refractivity contribution >= 4 is 5.91 Å². The van der Waals surface area contributed by atoms with Gasteiger partial charge in [0.1, 0.15) is 17.6 Å². The third-order valence-electron chi connectivity index (χ3n) is 5.71. The molecule has 0 aromatic heterocycles. The molecule has 1 aromatic rings. The number of hydrogen-bond donors (Lipinski definition) is 0. The van der Waals surface area contributed by atoms with Gasteiger partial charge >= 0.3 is 0 Å². The molecule has 156 valence electrons. The number of carbonyl (C=O) groups is 1. The number of nitrogens with zero attached hydrogens (tertiary/aromatic N) is 3. The van der Waals surface area contributed by atoms with Crippen molar-refractivity contribution in [2.45, 2.75) is 46.8 Å². The first-order valence-electron chi connectivity index (χ1n) is 10.7. The highest BCUT2D eigenvalue weighted by molar-refractivity contribution is 5.78. The molecule has 0 N–H and O–H groups in total. The highest BCUT2D eigenvalue weighted by Gasteiger charge is 2.25. The van der Waals surface area contributed by atoms with E-state index in [2.05, 4.69) is 28.9 Å². The Morgan fingerprint density at radius 1 is 1.14 bits per heavy atom. The van der Waals surface area contributed by atoms with Gasteiger partial charge in [-0.1, -0.05) is 0 Å². The topological polar surface area (TPSA) is 45.2 Å². The average Bonchev–Trinajstić information content (AvgIpc) is 3.03. The fraction of sp³-hybridized carbons (Fsp3) is 0.682. The van der Waals surface area contributed by atoms with Gasteiger partial charge in [-0.05, 0) is 39.8 Å². The summed E-state index contributed by atoms with van der Waals surface area (Å²) >= 11 is 0. The summed E-state index contributed by atoms with van der Waals surface area (Å²) in [5, 5.41) is 0. The van der Waals surface area contributed by atoms with Crippen molar-refractivity contribution < 1.29 is 14.3 Å². The summed E-state index contributed by atoms with van der Waals surface area (Å²) in [6.07, 6.45) is 1.20. The zero-order valence-corrected chi connectivity index (χ0v) is 17.9. The van der Waals surface area contributed by atoms with Crippen LogP contribution in [0.2, 0.25) is 0 Å². The van der Waals surface area contributed by atoms with Gasteiger partial charge in [-0.3, -0.25) is 14.6 Å². The molecule has 0 bridgehead atoms. The van der Waals surface area contributed by atoms with Crippen molar-refractivity contribution in [2.75, 3.05) is 52.4 Å². The number of hydrogen-bond acceptors (Lipinski definition) is 5. The van der Waals surface area contributed by atoms with Crippen LogP contribution in [0.3, 0.4) is 0 Å². The molecule has 0 aliphatic carbocycles. The third-order valence-corrected chi connectivity index (χ3v) is 5.71. The van der Waals surface area contributed by atoms with Crippen molar-refractivity contribution in [2.24, 2.45) is 0 Å². The Kier molecular flexibility index (Phi) is 7.18. The Labute approximate surface area is 169 Å².